The summed E-state index contributed by atoms with van der Waals surface area (Å²) in [6.07, 6.45) is 3.08. The van der Waals surface area contributed by atoms with Gasteiger partial charge in [-0.2, -0.15) is 0 Å². The fourth-order valence-electron chi connectivity index (χ4n) is 2.94. The number of hydrogen-bond donors (Lipinski definition) is 2. The Morgan fingerprint density at radius 3 is 2.83 bits per heavy atom. The smallest absolute Gasteiger partial charge is 0.330 e. The number of nitrogens with two attached hydrogens (primary N) is 1. The molecule has 1 amide bonds. The van der Waals surface area contributed by atoms with Crippen LogP contribution < -0.4 is 21.9 Å². The van der Waals surface area contributed by atoms with Crippen molar-refractivity contribution in [3.8, 4) is 0 Å². The van der Waals surface area contributed by atoms with Crippen molar-refractivity contribution in [2.45, 2.75) is 38.6 Å². The average molecular weight is 449 g/mol. The van der Waals surface area contributed by atoms with Crippen LogP contribution in [0.15, 0.2) is 49.9 Å². The zero-order valence-electron chi connectivity index (χ0n) is 16.6. The van der Waals surface area contributed by atoms with E-state index in [-0.39, 0.29) is 29.7 Å². The first-order valence-electron chi connectivity index (χ1n) is 9.56. The van der Waals surface area contributed by atoms with Crippen molar-refractivity contribution in [2.24, 2.45) is 0 Å². The number of carbonyl (C=O) groups excluding carboxylic acids is 1. The Balaban J connectivity index is 1.90. The number of thiophene rings is 1. The first kappa shape index (κ1) is 22.0. The molecule has 0 unspecified atom stereocenters. The molecule has 0 aromatic carbocycles. The number of rotatable bonds is 10. The molecule has 3 aromatic rings. The summed E-state index contributed by atoms with van der Waals surface area (Å²) < 4.78 is 6.68. The van der Waals surface area contributed by atoms with Crippen molar-refractivity contribution >= 4 is 40.5 Å². The summed E-state index contributed by atoms with van der Waals surface area (Å²) >= 11 is 3.08. The molecule has 8 nitrogen and oxygen atoms in total. The van der Waals surface area contributed by atoms with Gasteiger partial charge in [0.2, 0.25) is 5.91 Å². The number of anilines is 2. The lowest BCUT2D eigenvalue weighted by Gasteiger charge is -2.23. The number of unbranched alkanes of at least 4 members (excludes halogenated alkanes) is 1. The molecule has 0 fully saturated rings. The monoisotopic (exact) mass is 448 g/mol. The summed E-state index contributed by atoms with van der Waals surface area (Å²) in [4.78, 5) is 42.7. The molecule has 0 aliphatic carbocycles. The number of thioether (sulfide) groups is 1. The maximum atomic E-state index is 13.1. The molecule has 0 radical (unpaired) electrons. The van der Waals surface area contributed by atoms with Gasteiger partial charge in [0.15, 0.2) is 5.69 Å². The van der Waals surface area contributed by atoms with E-state index < -0.39 is 11.2 Å². The van der Waals surface area contributed by atoms with Crippen LogP contribution in [0.25, 0.3) is 0 Å². The Morgan fingerprint density at radius 1 is 1.33 bits per heavy atom. The van der Waals surface area contributed by atoms with Crippen molar-refractivity contribution in [1.29, 1.82) is 0 Å². The van der Waals surface area contributed by atoms with E-state index >= 15 is 0 Å². The minimum Gasteiger partial charge on any atom is -0.467 e. The number of nitrogens with one attached hydrogen (secondary N) is 1. The molecule has 0 atom stereocenters. The summed E-state index contributed by atoms with van der Waals surface area (Å²) in [7, 11) is 0. The first-order chi connectivity index (χ1) is 14.5. The minimum absolute atomic E-state index is 0.0136. The Morgan fingerprint density at radius 2 is 2.17 bits per heavy atom. The largest absolute Gasteiger partial charge is 0.467 e. The van der Waals surface area contributed by atoms with E-state index in [0.29, 0.717) is 18.1 Å². The first-order valence-corrected chi connectivity index (χ1v) is 11.6. The van der Waals surface area contributed by atoms with Crippen molar-refractivity contribution < 1.29 is 9.21 Å². The third kappa shape index (κ3) is 5.25. The third-order valence-electron chi connectivity index (χ3n) is 4.46. The lowest BCUT2D eigenvalue weighted by Crippen LogP contribution is -2.41. The second kappa shape index (κ2) is 10.4. The SMILES string of the molecule is CCCCn1c(N)c(N(Cc2ccco2)C(=O)CSCc2cccs2)c(=O)[nH]c1=O. The van der Waals surface area contributed by atoms with Gasteiger partial charge in [0.25, 0.3) is 5.56 Å². The van der Waals surface area contributed by atoms with Gasteiger partial charge >= 0.3 is 5.69 Å². The Hall–Kier alpha value is -2.72. The number of nitrogen functional groups attached to an aromatic ring is 1. The topological polar surface area (TPSA) is 114 Å². The highest BCUT2D eigenvalue weighted by Crippen LogP contribution is 2.23. The minimum atomic E-state index is -0.687. The van der Waals surface area contributed by atoms with Crippen LogP contribution in [0.2, 0.25) is 0 Å². The van der Waals surface area contributed by atoms with Gasteiger partial charge in [-0.1, -0.05) is 19.4 Å². The van der Waals surface area contributed by atoms with Crippen LogP contribution in [-0.2, 0) is 23.6 Å². The predicted octanol–water partition coefficient (Wildman–Crippen LogP) is 3.04. The summed E-state index contributed by atoms with van der Waals surface area (Å²) in [6, 6.07) is 7.40. The van der Waals surface area contributed by atoms with E-state index in [4.69, 9.17) is 10.2 Å². The quantitative estimate of drug-likeness (QED) is 0.493. The van der Waals surface area contributed by atoms with Crippen molar-refractivity contribution in [3.63, 3.8) is 0 Å². The Bertz CT molecular complexity index is 1070. The second-order valence-corrected chi connectivity index (χ2v) is 8.65. The molecule has 30 heavy (non-hydrogen) atoms. The zero-order chi connectivity index (χ0) is 21.5. The zero-order valence-corrected chi connectivity index (χ0v) is 18.3. The molecule has 0 saturated heterocycles. The van der Waals surface area contributed by atoms with Gasteiger partial charge < -0.3 is 10.2 Å². The number of nitrogens with zero attached hydrogens (tertiary/aromatic N) is 2. The number of amides is 1. The van der Waals surface area contributed by atoms with Crippen LogP contribution in [0.5, 0.6) is 0 Å². The standard InChI is InChI=1S/C20H24N4O4S2/c1-2-3-8-23-18(21)17(19(26)22-20(23)27)24(11-14-6-4-9-28-14)16(25)13-29-12-15-7-5-10-30-15/h4-7,9-10H,2-3,8,11-13,21H2,1H3,(H,22,26,27). The molecule has 0 bridgehead atoms. The maximum absolute atomic E-state index is 13.1. The molecule has 3 rings (SSSR count). The molecule has 3 heterocycles. The van der Waals surface area contributed by atoms with Crippen molar-refractivity contribution in [2.75, 3.05) is 16.4 Å². The Kier molecular flexibility index (Phi) is 7.58. The van der Waals surface area contributed by atoms with E-state index in [1.54, 1.807) is 23.5 Å². The predicted molar refractivity (Wildman–Crippen MR) is 121 cm³/mol. The molecular formula is C20H24N4O4S2. The lowest BCUT2D eigenvalue weighted by molar-refractivity contribution is -0.116. The van der Waals surface area contributed by atoms with E-state index in [0.717, 1.165) is 17.7 Å². The van der Waals surface area contributed by atoms with Crippen LogP contribution in [0, 0.1) is 0 Å². The molecule has 0 spiro atoms. The molecule has 0 aliphatic rings. The highest BCUT2D eigenvalue weighted by molar-refractivity contribution is 7.99. The maximum Gasteiger partial charge on any atom is 0.330 e. The number of aromatic nitrogens is 2. The van der Waals surface area contributed by atoms with Crippen LogP contribution in [0.4, 0.5) is 11.5 Å². The summed E-state index contributed by atoms with van der Waals surface area (Å²) in [6.45, 7) is 2.40. The third-order valence-corrected chi connectivity index (χ3v) is 6.49. The van der Waals surface area contributed by atoms with Gasteiger partial charge in [0.1, 0.15) is 11.6 Å². The lowest BCUT2D eigenvalue weighted by atomic mass is 10.3. The molecule has 160 valence electrons. The normalized spacial score (nSPS) is 11.0. The molecule has 0 aliphatic heterocycles. The number of carbonyl (C=O) groups is 1. The molecule has 10 heteroatoms. The fraction of sp³-hybridized carbons (Fsp3) is 0.350. The Labute approximate surface area is 181 Å². The molecule has 0 saturated carbocycles. The summed E-state index contributed by atoms with van der Waals surface area (Å²) in [5.74, 6) is 1.06. The van der Waals surface area contributed by atoms with Gasteiger partial charge in [0, 0.05) is 17.2 Å². The van der Waals surface area contributed by atoms with Gasteiger partial charge in [-0.05, 0) is 30.0 Å². The van der Waals surface area contributed by atoms with Crippen LogP contribution >= 0.6 is 23.1 Å². The summed E-state index contributed by atoms with van der Waals surface area (Å²) in [5, 5.41) is 1.99. The van der Waals surface area contributed by atoms with Crippen LogP contribution in [0.3, 0.4) is 0 Å². The summed E-state index contributed by atoms with van der Waals surface area (Å²) in [5.41, 5.74) is 4.92. The second-order valence-electron chi connectivity index (χ2n) is 6.63. The van der Waals surface area contributed by atoms with E-state index in [1.165, 1.54) is 27.5 Å². The molecular weight excluding hydrogens is 424 g/mol. The van der Waals surface area contributed by atoms with E-state index in [2.05, 4.69) is 4.98 Å². The molecule has 3 N–H and O–H groups in total. The number of H-pyrrole nitrogens is 1. The number of hydrogen-bond acceptors (Lipinski definition) is 7. The van der Waals surface area contributed by atoms with Gasteiger partial charge in [-0.25, -0.2) is 4.79 Å². The number of aromatic amines is 1. The van der Waals surface area contributed by atoms with Crippen LogP contribution in [0.1, 0.15) is 30.4 Å². The van der Waals surface area contributed by atoms with Crippen LogP contribution in [-0.4, -0.2) is 21.2 Å². The van der Waals surface area contributed by atoms with Gasteiger partial charge in [0.05, 0.1) is 18.6 Å². The van der Waals surface area contributed by atoms with Crippen molar-refractivity contribution in [3.05, 3.63) is 67.4 Å². The fourth-order valence-corrected chi connectivity index (χ4v) is 4.68. The van der Waals surface area contributed by atoms with Gasteiger partial charge in [-0.3, -0.25) is 24.0 Å². The van der Waals surface area contributed by atoms with Crippen molar-refractivity contribution in [1.82, 2.24) is 9.55 Å². The van der Waals surface area contributed by atoms with E-state index in [1.807, 2.05) is 24.4 Å². The number of furan rings is 1. The van der Waals surface area contributed by atoms with Gasteiger partial charge in [-0.15, -0.1) is 23.1 Å². The highest BCUT2D eigenvalue weighted by Gasteiger charge is 2.25. The molecule has 3 aromatic heterocycles. The highest BCUT2D eigenvalue weighted by atomic mass is 32.2. The average Bonchev–Trinajstić information content (AvgIpc) is 3.41. The van der Waals surface area contributed by atoms with E-state index in [9.17, 15) is 14.4 Å².